The van der Waals surface area contributed by atoms with Crippen LogP contribution in [0.4, 0.5) is 0 Å². The molecule has 0 spiro atoms. The molecule has 2 rings (SSSR count). The second-order valence-corrected chi connectivity index (χ2v) is 2.75. The Labute approximate surface area is 79.7 Å². The van der Waals surface area contributed by atoms with Crippen molar-refractivity contribution in [3.8, 4) is 11.5 Å². The third kappa shape index (κ3) is 1.75. The van der Waals surface area contributed by atoms with Crippen molar-refractivity contribution in [2.24, 2.45) is 0 Å². The maximum atomic E-state index is 4.87. The Balaban J connectivity index is 2.54. The summed E-state index contributed by atoms with van der Waals surface area (Å²) in [6.45, 7) is 0. The number of rotatable bonds is 1. The third-order valence-corrected chi connectivity index (χ3v) is 1.70. The van der Waals surface area contributed by atoms with Crippen LogP contribution in [0.15, 0.2) is 30.7 Å². The molecule has 0 aliphatic carbocycles. The van der Waals surface area contributed by atoms with E-state index in [4.69, 9.17) is 12.2 Å². The molecule has 4 nitrogen and oxygen atoms in total. The highest BCUT2D eigenvalue weighted by atomic mass is 32.1. The van der Waals surface area contributed by atoms with E-state index in [1.54, 1.807) is 6.20 Å². The van der Waals surface area contributed by atoms with Gasteiger partial charge in [0.15, 0.2) is 10.6 Å². The lowest BCUT2D eigenvalue weighted by Gasteiger charge is -1.96. The van der Waals surface area contributed by atoms with Crippen LogP contribution in [0.3, 0.4) is 0 Å². The lowest BCUT2D eigenvalue weighted by atomic mass is 10.3. The number of hydrogen-bond donors (Lipinski definition) is 1. The first-order chi connectivity index (χ1) is 6.36. The molecular weight excluding hydrogens is 184 g/mol. The van der Waals surface area contributed by atoms with Crippen LogP contribution >= 0.6 is 12.2 Å². The second-order valence-electron chi connectivity index (χ2n) is 2.37. The van der Waals surface area contributed by atoms with Crippen LogP contribution in [-0.4, -0.2) is 19.9 Å². The van der Waals surface area contributed by atoms with Crippen LogP contribution in [0.1, 0.15) is 0 Å². The van der Waals surface area contributed by atoms with E-state index in [1.807, 2.05) is 18.2 Å². The number of aromatic nitrogens is 4. The zero-order valence-electron chi connectivity index (χ0n) is 6.64. The molecule has 0 unspecified atom stereocenters. The van der Waals surface area contributed by atoms with Crippen molar-refractivity contribution in [1.82, 2.24) is 19.9 Å². The lowest BCUT2D eigenvalue weighted by molar-refractivity contribution is 1.02. The van der Waals surface area contributed by atoms with Gasteiger partial charge < -0.3 is 4.98 Å². The average Bonchev–Trinajstić information content (AvgIpc) is 2.19. The highest BCUT2D eigenvalue weighted by Crippen LogP contribution is 2.07. The summed E-state index contributed by atoms with van der Waals surface area (Å²) in [5, 5.41) is 0. The minimum atomic E-state index is 0.413. The molecule has 0 bridgehead atoms. The molecule has 1 N–H and O–H groups in total. The Bertz CT molecular complexity index is 451. The predicted octanol–water partition coefficient (Wildman–Crippen LogP) is 1.60. The summed E-state index contributed by atoms with van der Waals surface area (Å²) in [4.78, 5) is 14.8. The summed E-state index contributed by atoms with van der Waals surface area (Å²) in [5.74, 6) is 0.639. The number of H-pyrrole nitrogens is 1. The molecule has 0 amide bonds. The minimum Gasteiger partial charge on any atom is -0.314 e. The lowest BCUT2D eigenvalue weighted by Crippen LogP contribution is -1.92. The largest absolute Gasteiger partial charge is 0.314 e. The molecule has 5 heteroatoms. The molecular formula is C8H6N4S. The Kier molecular flexibility index (Phi) is 2.09. The Morgan fingerprint density at radius 2 is 2.08 bits per heavy atom. The summed E-state index contributed by atoms with van der Waals surface area (Å²) >= 11 is 4.87. The van der Waals surface area contributed by atoms with Crippen molar-refractivity contribution in [3.63, 3.8) is 0 Å². The molecule has 0 radical (unpaired) electrons. The summed E-state index contributed by atoms with van der Waals surface area (Å²) in [6, 6.07) is 5.59. The van der Waals surface area contributed by atoms with E-state index in [-0.39, 0.29) is 0 Å². The highest BCUT2D eigenvalue weighted by molar-refractivity contribution is 7.71. The van der Waals surface area contributed by atoms with Crippen molar-refractivity contribution in [1.29, 1.82) is 0 Å². The van der Waals surface area contributed by atoms with E-state index < -0.39 is 0 Å². The number of hydrogen-bond acceptors (Lipinski definition) is 4. The Hall–Kier alpha value is -1.62. The molecule has 0 aliphatic rings. The van der Waals surface area contributed by atoms with Crippen LogP contribution < -0.4 is 0 Å². The molecule has 0 aromatic carbocycles. The van der Waals surface area contributed by atoms with Gasteiger partial charge in [0.2, 0.25) is 0 Å². The van der Waals surface area contributed by atoms with E-state index in [1.165, 1.54) is 6.33 Å². The first-order valence-electron chi connectivity index (χ1n) is 3.69. The topological polar surface area (TPSA) is 54.5 Å². The van der Waals surface area contributed by atoms with E-state index in [0.29, 0.717) is 10.6 Å². The van der Waals surface area contributed by atoms with Crippen molar-refractivity contribution < 1.29 is 0 Å². The van der Waals surface area contributed by atoms with E-state index >= 15 is 0 Å². The molecule has 2 heterocycles. The van der Waals surface area contributed by atoms with Gasteiger partial charge in [0.05, 0.1) is 0 Å². The van der Waals surface area contributed by atoms with Crippen molar-refractivity contribution in [2.45, 2.75) is 0 Å². The van der Waals surface area contributed by atoms with Crippen molar-refractivity contribution in [3.05, 3.63) is 35.5 Å². The molecule has 2 aromatic heterocycles. The fourth-order valence-corrected chi connectivity index (χ4v) is 1.08. The van der Waals surface area contributed by atoms with Gasteiger partial charge in [0.25, 0.3) is 0 Å². The minimum absolute atomic E-state index is 0.413. The van der Waals surface area contributed by atoms with Gasteiger partial charge in [-0.05, 0) is 24.4 Å². The molecule has 0 saturated carbocycles. The number of nitrogens with zero attached hydrogens (tertiary/aromatic N) is 3. The normalized spacial score (nSPS) is 9.85. The van der Waals surface area contributed by atoms with Crippen LogP contribution in [0.5, 0.6) is 0 Å². The summed E-state index contributed by atoms with van der Waals surface area (Å²) in [6.07, 6.45) is 3.12. The molecule has 0 atom stereocenters. The van der Waals surface area contributed by atoms with Crippen molar-refractivity contribution >= 4 is 12.2 Å². The molecule has 2 aromatic rings. The van der Waals surface area contributed by atoms with Crippen LogP contribution in [0.2, 0.25) is 0 Å². The first kappa shape index (κ1) is 8.00. The number of nitrogens with one attached hydrogen (secondary N) is 1. The van der Waals surface area contributed by atoms with Gasteiger partial charge in [0.1, 0.15) is 12.0 Å². The zero-order chi connectivity index (χ0) is 9.10. The maximum Gasteiger partial charge on any atom is 0.199 e. The van der Waals surface area contributed by atoms with Crippen LogP contribution in [0.25, 0.3) is 11.5 Å². The highest BCUT2D eigenvalue weighted by Gasteiger charge is 1.97. The average molecular weight is 190 g/mol. The van der Waals surface area contributed by atoms with Gasteiger partial charge in [-0.2, -0.15) is 0 Å². The van der Waals surface area contributed by atoms with E-state index in [0.717, 1.165) is 5.69 Å². The van der Waals surface area contributed by atoms with Crippen molar-refractivity contribution in [2.75, 3.05) is 0 Å². The van der Waals surface area contributed by atoms with Gasteiger partial charge in [-0.15, -0.1) is 0 Å². The number of pyridine rings is 1. The van der Waals surface area contributed by atoms with Gasteiger partial charge >= 0.3 is 0 Å². The third-order valence-electron chi connectivity index (χ3n) is 1.49. The Morgan fingerprint density at radius 3 is 2.77 bits per heavy atom. The fourth-order valence-electron chi connectivity index (χ4n) is 0.938. The smallest absolute Gasteiger partial charge is 0.199 e. The van der Waals surface area contributed by atoms with Crippen LogP contribution in [0, 0.1) is 4.77 Å². The summed E-state index contributed by atoms with van der Waals surface area (Å²) < 4.78 is 0.413. The summed E-state index contributed by atoms with van der Waals surface area (Å²) in [7, 11) is 0. The molecule has 0 saturated heterocycles. The molecule has 64 valence electrons. The standard InChI is InChI=1S/C8H6N4S/c13-8-11-5-10-7(12-8)6-3-1-2-4-9-6/h1-5H,(H,10,11,12,13). The maximum absolute atomic E-state index is 4.87. The first-order valence-corrected chi connectivity index (χ1v) is 4.10. The quantitative estimate of drug-likeness (QED) is 0.694. The van der Waals surface area contributed by atoms with E-state index in [2.05, 4.69) is 19.9 Å². The van der Waals surface area contributed by atoms with Gasteiger partial charge in [0, 0.05) is 6.20 Å². The zero-order valence-corrected chi connectivity index (χ0v) is 7.45. The van der Waals surface area contributed by atoms with Crippen LogP contribution in [-0.2, 0) is 0 Å². The fraction of sp³-hybridized carbons (Fsp3) is 0. The van der Waals surface area contributed by atoms with Gasteiger partial charge in [-0.3, -0.25) is 4.98 Å². The van der Waals surface area contributed by atoms with Gasteiger partial charge in [-0.1, -0.05) is 6.07 Å². The SMILES string of the molecule is S=c1ncnc(-c2ccccn2)[nH]1. The molecule has 0 aliphatic heterocycles. The summed E-state index contributed by atoms with van der Waals surface area (Å²) in [5.41, 5.74) is 0.760. The molecule has 13 heavy (non-hydrogen) atoms. The number of aromatic amines is 1. The predicted molar refractivity (Wildman–Crippen MR) is 50.4 cm³/mol. The molecule has 0 fully saturated rings. The van der Waals surface area contributed by atoms with Gasteiger partial charge in [-0.25, -0.2) is 9.97 Å². The second kappa shape index (κ2) is 3.40. The van der Waals surface area contributed by atoms with E-state index in [9.17, 15) is 0 Å². The monoisotopic (exact) mass is 190 g/mol. The Morgan fingerprint density at radius 1 is 1.15 bits per heavy atom.